The second-order valence-corrected chi connectivity index (χ2v) is 6.01. The van der Waals surface area contributed by atoms with Gasteiger partial charge in [-0.15, -0.1) is 0 Å². The van der Waals surface area contributed by atoms with Gasteiger partial charge < -0.3 is 20.6 Å². The Morgan fingerprint density at radius 3 is 2.65 bits per heavy atom. The molecule has 3 N–H and O–H groups in total. The first-order valence-electron chi connectivity index (χ1n) is 7.95. The molecule has 2 rings (SSSR count). The van der Waals surface area contributed by atoms with Crippen LogP contribution >= 0.6 is 0 Å². The number of carbonyl (C=O) groups is 2. The lowest BCUT2D eigenvalue weighted by Crippen LogP contribution is -2.61. The highest BCUT2D eigenvalue weighted by Crippen LogP contribution is 2.12. The van der Waals surface area contributed by atoms with Crippen LogP contribution in [-0.4, -0.2) is 59.6 Å². The van der Waals surface area contributed by atoms with Gasteiger partial charge in [-0.2, -0.15) is 0 Å². The first-order chi connectivity index (χ1) is 11.0. The van der Waals surface area contributed by atoms with Gasteiger partial charge in [0.15, 0.2) is 0 Å². The summed E-state index contributed by atoms with van der Waals surface area (Å²) in [4.78, 5) is 24.8. The molecule has 6 heteroatoms. The Hall–Kier alpha value is -1.92. The molecular weight excluding hydrogens is 294 g/mol. The maximum Gasteiger partial charge on any atom is 0.219 e. The standard InChI is InChI=1S/C17H25N3O3/c1-12(21)19-15(10-14-6-4-3-5-7-14)17(23)16-11-20(13(2)22)9-8-18-16/h3-7,15-18,23H,8-11H2,1-2H3,(H,19,21)/t15-,16+,17+/m0/s1. The van der Waals surface area contributed by atoms with Crippen molar-refractivity contribution >= 4 is 11.8 Å². The molecule has 1 fully saturated rings. The molecule has 3 atom stereocenters. The molecule has 6 nitrogen and oxygen atoms in total. The van der Waals surface area contributed by atoms with Crippen LogP contribution in [0.4, 0.5) is 0 Å². The third-order valence-electron chi connectivity index (χ3n) is 4.16. The summed E-state index contributed by atoms with van der Waals surface area (Å²) >= 11 is 0. The molecule has 23 heavy (non-hydrogen) atoms. The maximum absolute atomic E-state index is 11.6. The minimum absolute atomic E-state index is 0.00263. The van der Waals surface area contributed by atoms with E-state index in [1.165, 1.54) is 13.8 Å². The maximum atomic E-state index is 11.6. The average molecular weight is 319 g/mol. The van der Waals surface area contributed by atoms with Gasteiger partial charge in [-0.05, 0) is 12.0 Å². The van der Waals surface area contributed by atoms with Crippen LogP contribution in [0.2, 0.25) is 0 Å². The SMILES string of the molecule is CC(=O)N[C@@H](Cc1ccccc1)[C@@H](O)[C@H]1CN(C(C)=O)CCN1. The van der Waals surface area contributed by atoms with E-state index in [0.717, 1.165) is 5.56 Å². The highest BCUT2D eigenvalue weighted by molar-refractivity contribution is 5.74. The van der Waals surface area contributed by atoms with E-state index in [0.29, 0.717) is 26.1 Å². The monoisotopic (exact) mass is 319 g/mol. The predicted octanol–water partition coefficient (Wildman–Crippen LogP) is -0.0850. The molecule has 0 aliphatic carbocycles. The first kappa shape index (κ1) is 17.4. The zero-order chi connectivity index (χ0) is 16.8. The van der Waals surface area contributed by atoms with E-state index in [4.69, 9.17) is 0 Å². The lowest BCUT2D eigenvalue weighted by molar-refractivity contribution is -0.131. The van der Waals surface area contributed by atoms with Gasteiger partial charge in [-0.25, -0.2) is 0 Å². The number of amides is 2. The van der Waals surface area contributed by atoms with Gasteiger partial charge in [0.25, 0.3) is 0 Å². The highest BCUT2D eigenvalue weighted by atomic mass is 16.3. The van der Waals surface area contributed by atoms with Crippen LogP contribution in [0.15, 0.2) is 30.3 Å². The van der Waals surface area contributed by atoms with Crippen molar-refractivity contribution in [3.63, 3.8) is 0 Å². The molecule has 126 valence electrons. The second-order valence-electron chi connectivity index (χ2n) is 6.01. The number of nitrogens with one attached hydrogen (secondary N) is 2. The molecule has 0 unspecified atom stereocenters. The molecule has 1 saturated heterocycles. The second kappa shape index (κ2) is 8.08. The Morgan fingerprint density at radius 1 is 1.35 bits per heavy atom. The molecule has 0 saturated carbocycles. The summed E-state index contributed by atoms with van der Waals surface area (Å²) in [6, 6.07) is 9.08. The van der Waals surface area contributed by atoms with Crippen molar-refractivity contribution in [2.75, 3.05) is 19.6 Å². The molecule has 1 heterocycles. The van der Waals surface area contributed by atoms with Crippen LogP contribution in [0.1, 0.15) is 19.4 Å². The summed E-state index contributed by atoms with van der Waals surface area (Å²) in [7, 11) is 0. The summed E-state index contributed by atoms with van der Waals surface area (Å²) in [5.41, 5.74) is 1.05. The van der Waals surface area contributed by atoms with Gasteiger partial charge in [0.1, 0.15) is 0 Å². The van der Waals surface area contributed by atoms with E-state index in [9.17, 15) is 14.7 Å². The Bertz CT molecular complexity index is 535. The largest absolute Gasteiger partial charge is 0.389 e. The lowest BCUT2D eigenvalue weighted by atomic mass is 9.95. The van der Waals surface area contributed by atoms with Crippen molar-refractivity contribution in [1.29, 1.82) is 0 Å². The minimum atomic E-state index is -0.777. The molecule has 0 aromatic heterocycles. The normalized spacial score (nSPS) is 20.7. The average Bonchev–Trinajstić information content (AvgIpc) is 2.54. The van der Waals surface area contributed by atoms with E-state index in [1.807, 2.05) is 30.3 Å². The van der Waals surface area contributed by atoms with Crippen molar-refractivity contribution in [3.8, 4) is 0 Å². The molecule has 1 aromatic rings. The van der Waals surface area contributed by atoms with Crippen molar-refractivity contribution < 1.29 is 14.7 Å². The fourth-order valence-corrected chi connectivity index (χ4v) is 2.96. The zero-order valence-corrected chi connectivity index (χ0v) is 13.7. The van der Waals surface area contributed by atoms with Gasteiger partial charge in [0, 0.05) is 33.5 Å². The first-order valence-corrected chi connectivity index (χ1v) is 7.95. The van der Waals surface area contributed by atoms with Crippen molar-refractivity contribution in [3.05, 3.63) is 35.9 Å². The number of aliphatic hydroxyl groups excluding tert-OH is 1. The van der Waals surface area contributed by atoms with Gasteiger partial charge in [-0.1, -0.05) is 30.3 Å². The van der Waals surface area contributed by atoms with E-state index < -0.39 is 12.1 Å². The Kier molecular flexibility index (Phi) is 6.12. The van der Waals surface area contributed by atoms with Gasteiger partial charge in [0.05, 0.1) is 18.2 Å². The van der Waals surface area contributed by atoms with Crippen LogP contribution in [0.25, 0.3) is 0 Å². The Balaban J connectivity index is 2.07. The molecule has 0 bridgehead atoms. The van der Waals surface area contributed by atoms with Crippen LogP contribution in [0.3, 0.4) is 0 Å². The zero-order valence-electron chi connectivity index (χ0n) is 13.7. The van der Waals surface area contributed by atoms with E-state index in [-0.39, 0.29) is 17.9 Å². The van der Waals surface area contributed by atoms with Crippen LogP contribution in [-0.2, 0) is 16.0 Å². The van der Waals surface area contributed by atoms with E-state index >= 15 is 0 Å². The summed E-state index contributed by atoms with van der Waals surface area (Å²) in [6.07, 6.45) is -0.235. The third kappa shape index (κ3) is 5.04. The number of carbonyl (C=O) groups excluding carboxylic acids is 2. The smallest absolute Gasteiger partial charge is 0.219 e. The summed E-state index contributed by atoms with van der Waals surface area (Å²) in [5, 5.41) is 16.8. The quantitative estimate of drug-likeness (QED) is 0.709. The highest BCUT2D eigenvalue weighted by Gasteiger charge is 2.32. The van der Waals surface area contributed by atoms with Gasteiger partial charge in [-0.3, -0.25) is 9.59 Å². The molecule has 0 spiro atoms. The third-order valence-corrected chi connectivity index (χ3v) is 4.16. The van der Waals surface area contributed by atoms with Crippen LogP contribution in [0.5, 0.6) is 0 Å². The van der Waals surface area contributed by atoms with E-state index in [2.05, 4.69) is 10.6 Å². The predicted molar refractivity (Wildman–Crippen MR) is 87.8 cm³/mol. The molecular formula is C17H25N3O3. The fraction of sp³-hybridized carbons (Fsp3) is 0.529. The number of nitrogens with zero attached hydrogens (tertiary/aromatic N) is 1. The van der Waals surface area contributed by atoms with Crippen LogP contribution < -0.4 is 10.6 Å². The number of hydrogen-bond acceptors (Lipinski definition) is 4. The number of rotatable bonds is 5. The summed E-state index contributed by atoms with van der Waals surface area (Å²) in [5.74, 6) is -0.174. The molecule has 1 aliphatic heterocycles. The van der Waals surface area contributed by atoms with Gasteiger partial charge in [0.2, 0.25) is 11.8 Å². The molecule has 1 aromatic carbocycles. The fourth-order valence-electron chi connectivity index (χ4n) is 2.96. The van der Waals surface area contributed by atoms with Gasteiger partial charge >= 0.3 is 0 Å². The Morgan fingerprint density at radius 2 is 2.04 bits per heavy atom. The lowest BCUT2D eigenvalue weighted by Gasteiger charge is -2.38. The van der Waals surface area contributed by atoms with Crippen LogP contribution in [0, 0.1) is 0 Å². The van der Waals surface area contributed by atoms with Crippen molar-refractivity contribution in [1.82, 2.24) is 15.5 Å². The minimum Gasteiger partial charge on any atom is -0.389 e. The molecule has 0 radical (unpaired) electrons. The summed E-state index contributed by atoms with van der Waals surface area (Å²) in [6.45, 7) is 4.70. The molecule has 1 aliphatic rings. The molecule has 2 amide bonds. The number of hydrogen-bond donors (Lipinski definition) is 3. The van der Waals surface area contributed by atoms with E-state index in [1.54, 1.807) is 4.90 Å². The van der Waals surface area contributed by atoms with Crippen molar-refractivity contribution in [2.45, 2.75) is 38.5 Å². The number of benzene rings is 1. The topological polar surface area (TPSA) is 81.7 Å². The number of piperazine rings is 1. The number of aliphatic hydroxyl groups is 1. The Labute approximate surface area is 136 Å². The van der Waals surface area contributed by atoms with Crippen molar-refractivity contribution in [2.24, 2.45) is 0 Å². The summed E-state index contributed by atoms with van der Waals surface area (Å²) < 4.78 is 0.